The summed E-state index contributed by atoms with van der Waals surface area (Å²) in [6.45, 7) is 0. The summed E-state index contributed by atoms with van der Waals surface area (Å²) < 4.78 is 39.4. The number of esters is 1. The first-order valence-corrected chi connectivity index (χ1v) is 6.91. The number of benzene rings is 1. The Morgan fingerprint density at radius 1 is 1.17 bits per heavy atom. The molecule has 2 heterocycles. The van der Waals surface area contributed by atoms with E-state index in [1.807, 2.05) is 0 Å². The highest BCUT2D eigenvalue weighted by atomic mass is 35.5. The standard InChI is InChI=1S/C14H7Cl2F2NO4/c1-21-13(20)12-7(15)2-3-9(19-12)6-4-10-11(5-8(6)16)23-14(17,18)22-10/h2-5H,1H3. The van der Waals surface area contributed by atoms with Crippen LogP contribution in [-0.4, -0.2) is 24.4 Å². The number of nitrogens with zero attached hydrogens (tertiary/aromatic N) is 1. The Labute approximate surface area is 138 Å². The maximum absolute atomic E-state index is 13.1. The van der Waals surface area contributed by atoms with Gasteiger partial charge in [0.25, 0.3) is 0 Å². The first kappa shape index (κ1) is 15.8. The van der Waals surface area contributed by atoms with E-state index in [4.69, 9.17) is 23.2 Å². The second-order valence-electron chi connectivity index (χ2n) is 4.46. The van der Waals surface area contributed by atoms with Crippen molar-refractivity contribution in [3.8, 4) is 22.8 Å². The van der Waals surface area contributed by atoms with Gasteiger partial charge in [0.1, 0.15) is 0 Å². The lowest BCUT2D eigenvalue weighted by atomic mass is 10.1. The van der Waals surface area contributed by atoms with E-state index in [0.717, 1.165) is 0 Å². The van der Waals surface area contributed by atoms with Gasteiger partial charge in [0.05, 0.1) is 22.8 Å². The molecular weight excluding hydrogens is 355 g/mol. The molecule has 120 valence electrons. The molecule has 0 saturated carbocycles. The normalized spacial score (nSPS) is 14.7. The Morgan fingerprint density at radius 3 is 2.48 bits per heavy atom. The number of aromatic nitrogens is 1. The molecule has 23 heavy (non-hydrogen) atoms. The Kier molecular flexibility index (Phi) is 3.77. The number of hydrogen-bond acceptors (Lipinski definition) is 5. The number of carbonyl (C=O) groups excluding carboxylic acids is 1. The van der Waals surface area contributed by atoms with Gasteiger partial charge >= 0.3 is 12.3 Å². The Hall–Kier alpha value is -2.12. The van der Waals surface area contributed by atoms with Crippen molar-refractivity contribution in [2.45, 2.75) is 6.29 Å². The van der Waals surface area contributed by atoms with E-state index in [1.165, 1.54) is 31.4 Å². The molecule has 1 aromatic heterocycles. The lowest BCUT2D eigenvalue weighted by Crippen LogP contribution is -2.25. The van der Waals surface area contributed by atoms with Gasteiger partial charge in [-0.15, -0.1) is 8.78 Å². The monoisotopic (exact) mass is 361 g/mol. The van der Waals surface area contributed by atoms with E-state index < -0.39 is 12.3 Å². The summed E-state index contributed by atoms with van der Waals surface area (Å²) in [5, 5.41) is 0.180. The predicted molar refractivity (Wildman–Crippen MR) is 77.2 cm³/mol. The molecule has 2 aromatic rings. The molecule has 3 rings (SSSR count). The predicted octanol–water partition coefficient (Wildman–Crippen LogP) is 4.16. The first-order chi connectivity index (χ1) is 10.8. The van der Waals surface area contributed by atoms with Crippen molar-refractivity contribution in [3.05, 3.63) is 40.0 Å². The van der Waals surface area contributed by atoms with Gasteiger partial charge in [-0.25, -0.2) is 9.78 Å². The molecule has 0 amide bonds. The van der Waals surface area contributed by atoms with Crippen LogP contribution in [0.1, 0.15) is 10.5 Å². The van der Waals surface area contributed by atoms with Crippen LogP contribution in [0.2, 0.25) is 10.0 Å². The maximum Gasteiger partial charge on any atom is 0.586 e. The van der Waals surface area contributed by atoms with Gasteiger partial charge in [-0.3, -0.25) is 0 Å². The topological polar surface area (TPSA) is 57.7 Å². The summed E-state index contributed by atoms with van der Waals surface area (Å²) in [7, 11) is 1.18. The van der Waals surface area contributed by atoms with Crippen LogP contribution in [0.25, 0.3) is 11.3 Å². The number of hydrogen-bond donors (Lipinski definition) is 0. The van der Waals surface area contributed by atoms with Crippen LogP contribution in [0.3, 0.4) is 0 Å². The van der Waals surface area contributed by atoms with Crippen LogP contribution in [0, 0.1) is 0 Å². The van der Waals surface area contributed by atoms with E-state index in [0.29, 0.717) is 0 Å². The number of alkyl halides is 2. The Morgan fingerprint density at radius 2 is 1.83 bits per heavy atom. The average Bonchev–Trinajstić information content (AvgIpc) is 2.79. The average molecular weight is 362 g/mol. The van der Waals surface area contributed by atoms with Crippen LogP contribution in [-0.2, 0) is 4.74 Å². The van der Waals surface area contributed by atoms with Gasteiger partial charge in [0.2, 0.25) is 0 Å². The molecule has 5 nitrogen and oxygen atoms in total. The zero-order valence-electron chi connectivity index (χ0n) is 11.4. The second kappa shape index (κ2) is 5.50. The molecule has 1 aliphatic heterocycles. The summed E-state index contributed by atoms with van der Waals surface area (Å²) in [4.78, 5) is 15.7. The number of halogens is 4. The molecule has 0 saturated heterocycles. The smallest absolute Gasteiger partial charge is 0.464 e. The molecule has 0 aliphatic carbocycles. The minimum atomic E-state index is -3.76. The summed E-state index contributed by atoms with van der Waals surface area (Å²) in [6, 6.07) is 5.33. The highest BCUT2D eigenvalue weighted by Gasteiger charge is 2.43. The molecule has 0 bridgehead atoms. The van der Waals surface area contributed by atoms with Gasteiger partial charge in [0.15, 0.2) is 17.2 Å². The van der Waals surface area contributed by atoms with E-state index >= 15 is 0 Å². The summed E-state index contributed by atoms with van der Waals surface area (Å²) in [6.07, 6.45) is -3.76. The number of rotatable bonds is 2. The molecular formula is C14H7Cl2F2NO4. The second-order valence-corrected chi connectivity index (χ2v) is 5.28. The van der Waals surface area contributed by atoms with Crippen LogP contribution in [0.5, 0.6) is 11.5 Å². The summed E-state index contributed by atoms with van der Waals surface area (Å²) in [5.41, 5.74) is 0.390. The van der Waals surface area contributed by atoms with Crippen LogP contribution >= 0.6 is 23.2 Å². The number of pyridine rings is 1. The van der Waals surface area contributed by atoms with E-state index in [2.05, 4.69) is 19.2 Å². The van der Waals surface area contributed by atoms with Crippen molar-refractivity contribution in [1.82, 2.24) is 4.98 Å². The molecule has 1 aromatic carbocycles. The van der Waals surface area contributed by atoms with Gasteiger partial charge in [-0.05, 0) is 18.2 Å². The van der Waals surface area contributed by atoms with Gasteiger partial charge in [-0.2, -0.15) is 0 Å². The quantitative estimate of drug-likeness (QED) is 0.751. The fourth-order valence-corrected chi connectivity index (χ4v) is 2.43. The molecule has 0 fully saturated rings. The minimum Gasteiger partial charge on any atom is -0.464 e. The first-order valence-electron chi connectivity index (χ1n) is 6.15. The largest absolute Gasteiger partial charge is 0.586 e. The summed E-state index contributed by atoms with van der Waals surface area (Å²) in [5.74, 6) is -1.11. The summed E-state index contributed by atoms with van der Waals surface area (Å²) >= 11 is 12.0. The van der Waals surface area contributed by atoms with Crippen molar-refractivity contribution in [3.63, 3.8) is 0 Å². The van der Waals surface area contributed by atoms with Crippen LogP contribution < -0.4 is 9.47 Å². The molecule has 1 aliphatic rings. The number of fused-ring (bicyclic) bond motifs is 1. The highest BCUT2D eigenvalue weighted by Crippen LogP contribution is 2.45. The third kappa shape index (κ3) is 2.89. The third-order valence-electron chi connectivity index (χ3n) is 2.99. The third-order valence-corrected chi connectivity index (χ3v) is 3.61. The van der Waals surface area contributed by atoms with Gasteiger partial charge in [0, 0.05) is 11.6 Å². The SMILES string of the molecule is COC(=O)c1nc(-c2cc3c(cc2Cl)OC(F)(F)O3)ccc1Cl. The van der Waals surface area contributed by atoms with Crippen LogP contribution in [0.15, 0.2) is 24.3 Å². The molecule has 0 atom stereocenters. The fourth-order valence-electron chi connectivity index (χ4n) is 2.00. The number of ether oxygens (including phenoxy) is 3. The Bertz CT molecular complexity index is 814. The zero-order chi connectivity index (χ0) is 16.8. The molecule has 0 radical (unpaired) electrons. The molecule has 0 spiro atoms. The van der Waals surface area contributed by atoms with Crippen LogP contribution in [0.4, 0.5) is 8.78 Å². The van der Waals surface area contributed by atoms with Gasteiger partial charge < -0.3 is 14.2 Å². The molecule has 0 unspecified atom stereocenters. The van der Waals surface area contributed by atoms with Crippen molar-refractivity contribution >= 4 is 29.2 Å². The number of methoxy groups -OCH3 is 1. The molecule has 9 heteroatoms. The lowest BCUT2D eigenvalue weighted by molar-refractivity contribution is -0.286. The van der Waals surface area contributed by atoms with Gasteiger partial charge in [-0.1, -0.05) is 23.2 Å². The minimum absolute atomic E-state index is 0.0870. The van der Waals surface area contributed by atoms with E-state index in [9.17, 15) is 13.6 Å². The lowest BCUT2D eigenvalue weighted by Gasteiger charge is -2.08. The maximum atomic E-state index is 13.1. The molecule has 0 N–H and O–H groups in total. The van der Waals surface area contributed by atoms with E-state index in [-0.39, 0.29) is 38.5 Å². The zero-order valence-corrected chi connectivity index (χ0v) is 12.9. The number of carbonyl (C=O) groups is 1. The fraction of sp³-hybridized carbons (Fsp3) is 0.143. The van der Waals surface area contributed by atoms with Crippen molar-refractivity contribution in [1.29, 1.82) is 0 Å². The highest BCUT2D eigenvalue weighted by molar-refractivity contribution is 6.34. The van der Waals surface area contributed by atoms with E-state index in [1.54, 1.807) is 0 Å². The Balaban J connectivity index is 2.09. The van der Waals surface area contributed by atoms with Crippen molar-refractivity contribution in [2.24, 2.45) is 0 Å². The van der Waals surface area contributed by atoms with Crippen molar-refractivity contribution < 1.29 is 27.8 Å². The van der Waals surface area contributed by atoms with Crippen molar-refractivity contribution in [2.75, 3.05) is 7.11 Å².